The molecule has 0 radical (unpaired) electrons. The summed E-state index contributed by atoms with van der Waals surface area (Å²) in [6.45, 7) is 4.66. The van der Waals surface area contributed by atoms with E-state index in [0.29, 0.717) is 17.7 Å². The van der Waals surface area contributed by atoms with E-state index in [0.717, 1.165) is 51.2 Å². The van der Waals surface area contributed by atoms with Crippen molar-refractivity contribution >= 4 is 23.5 Å². The highest BCUT2D eigenvalue weighted by Gasteiger charge is 2.41. The van der Waals surface area contributed by atoms with Crippen molar-refractivity contribution in [3.63, 3.8) is 0 Å². The molecular weight excluding hydrogens is 445 g/mol. The van der Waals surface area contributed by atoms with Gasteiger partial charge < -0.3 is 15.0 Å². The van der Waals surface area contributed by atoms with Crippen LogP contribution in [0.2, 0.25) is 5.02 Å². The highest BCUT2D eigenvalue weighted by molar-refractivity contribution is 6.31. The summed E-state index contributed by atoms with van der Waals surface area (Å²) < 4.78 is 44.0. The molecule has 0 aliphatic carbocycles. The minimum atomic E-state index is -4.45. The number of aromatic nitrogens is 2. The van der Waals surface area contributed by atoms with Gasteiger partial charge in [0.2, 0.25) is 5.95 Å². The summed E-state index contributed by atoms with van der Waals surface area (Å²) in [6.07, 6.45) is 1.40. The Kier molecular flexibility index (Phi) is 6.31. The number of hydrogen-bond acceptors (Lipinski definition) is 5. The first kappa shape index (κ1) is 22.8. The molecule has 2 aliphatic rings. The topological polar surface area (TPSA) is 67.4 Å². The van der Waals surface area contributed by atoms with E-state index in [1.807, 2.05) is 4.90 Å². The molecule has 172 valence electrons. The van der Waals surface area contributed by atoms with Crippen LogP contribution in [0.15, 0.2) is 30.6 Å². The summed E-state index contributed by atoms with van der Waals surface area (Å²) >= 11 is 6.06. The quantitative estimate of drug-likeness (QED) is 0.686. The minimum absolute atomic E-state index is 0.00250. The summed E-state index contributed by atoms with van der Waals surface area (Å²) in [6, 6.07) is 2.79. The van der Waals surface area contributed by atoms with Crippen molar-refractivity contribution in [2.75, 3.05) is 31.6 Å². The lowest BCUT2D eigenvalue weighted by Crippen LogP contribution is -2.35. The number of halogens is 4. The van der Waals surface area contributed by atoms with Crippen molar-refractivity contribution in [3.8, 4) is 0 Å². The van der Waals surface area contributed by atoms with Crippen LogP contribution in [-0.4, -0.2) is 47.1 Å². The predicted molar refractivity (Wildman–Crippen MR) is 114 cm³/mol. The summed E-state index contributed by atoms with van der Waals surface area (Å²) in [5.74, 6) is 0.158. The van der Waals surface area contributed by atoms with E-state index in [4.69, 9.17) is 16.3 Å². The van der Waals surface area contributed by atoms with Gasteiger partial charge in [-0.15, -0.1) is 0 Å². The van der Waals surface area contributed by atoms with Gasteiger partial charge in [-0.25, -0.2) is 9.97 Å². The Morgan fingerprint density at radius 1 is 1.22 bits per heavy atom. The third kappa shape index (κ3) is 4.83. The normalized spacial score (nSPS) is 19.2. The van der Waals surface area contributed by atoms with E-state index in [-0.39, 0.29) is 22.3 Å². The van der Waals surface area contributed by atoms with Crippen molar-refractivity contribution in [2.24, 2.45) is 5.41 Å². The average Bonchev–Trinajstić information content (AvgIpc) is 3.16. The number of anilines is 1. The van der Waals surface area contributed by atoms with Crippen LogP contribution >= 0.6 is 11.6 Å². The van der Waals surface area contributed by atoms with Crippen molar-refractivity contribution in [2.45, 2.75) is 38.4 Å². The lowest BCUT2D eigenvalue weighted by Gasteiger charge is -2.33. The molecule has 2 saturated heterocycles. The van der Waals surface area contributed by atoms with Gasteiger partial charge >= 0.3 is 6.18 Å². The Balaban J connectivity index is 1.39. The monoisotopic (exact) mass is 468 g/mol. The fraction of sp³-hybridized carbons (Fsp3) is 0.500. The number of ether oxygens (including phenoxy) is 1. The molecule has 32 heavy (non-hydrogen) atoms. The molecular formula is C22H24ClF3N4O2. The number of carbonyl (C=O) groups is 1. The van der Waals surface area contributed by atoms with Gasteiger partial charge in [0, 0.05) is 43.7 Å². The van der Waals surface area contributed by atoms with Gasteiger partial charge in [0.25, 0.3) is 5.91 Å². The maximum Gasteiger partial charge on any atom is 0.416 e. The summed E-state index contributed by atoms with van der Waals surface area (Å²) in [7, 11) is 0. The molecule has 2 aromatic rings. The zero-order chi connectivity index (χ0) is 22.9. The molecule has 0 bridgehead atoms. The molecule has 4 rings (SSSR count). The van der Waals surface area contributed by atoms with E-state index in [2.05, 4.69) is 15.3 Å². The average molecular weight is 469 g/mol. The fourth-order valence-corrected chi connectivity index (χ4v) is 4.69. The van der Waals surface area contributed by atoms with Crippen LogP contribution in [0.3, 0.4) is 0 Å². The molecule has 1 spiro atoms. The molecule has 3 heterocycles. The Hall–Kier alpha value is -2.39. The van der Waals surface area contributed by atoms with E-state index < -0.39 is 17.8 Å². The van der Waals surface area contributed by atoms with Crippen molar-refractivity contribution < 1.29 is 22.7 Å². The standard InChI is InChI=1S/C22H24ClF3N4O2/c1-14(17-3-2-16(10-18(17)23)22(24,25)26)29-20-27-11-15(12-28-20)19(31)30-7-4-21(13-30)5-8-32-9-6-21/h2-3,10-12,14H,4-9,13H2,1H3,(H,27,28,29)/t14-/m0/s1. The Morgan fingerprint density at radius 3 is 2.53 bits per heavy atom. The first-order valence-electron chi connectivity index (χ1n) is 10.5. The van der Waals surface area contributed by atoms with Crippen LogP contribution in [0.1, 0.15) is 53.7 Å². The third-order valence-electron chi connectivity index (χ3n) is 6.32. The zero-order valence-electron chi connectivity index (χ0n) is 17.6. The number of alkyl halides is 3. The van der Waals surface area contributed by atoms with Gasteiger partial charge in [-0.05, 0) is 49.3 Å². The van der Waals surface area contributed by atoms with E-state index in [1.165, 1.54) is 18.5 Å². The van der Waals surface area contributed by atoms with Crippen LogP contribution in [0, 0.1) is 5.41 Å². The maximum atomic E-state index is 12.9. The second-order valence-electron chi connectivity index (χ2n) is 8.48. The number of hydrogen-bond donors (Lipinski definition) is 1. The van der Waals surface area contributed by atoms with E-state index in [9.17, 15) is 18.0 Å². The van der Waals surface area contributed by atoms with Crippen LogP contribution in [0.4, 0.5) is 19.1 Å². The molecule has 2 aliphatic heterocycles. The first-order chi connectivity index (χ1) is 15.2. The number of benzene rings is 1. The van der Waals surface area contributed by atoms with Gasteiger partial charge in [0.1, 0.15) is 0 Å². The third-order valence-corrected chi connectivity index (χ3v) is 6.65. The van der Waals surface area contributed by atoms with Gasteiger partial charge in [-0.1, -0.05) is 17.7 Å². The highest BCUT2D eigenvalue weighted by Crippen LogP contribution is 2.40. The number of carbonyl (C=O) groups excluding carboxylic acids is 1. The molecule has 6 nitrogen and oxygen atoms in total. The second kappa shape index (κ2) is 8.86. The molecule has 1 amide bonds. The van der Waals surface area contributed by atoms with Crippen LogP contribution in [0.5, 0.6) is 0 Å². The number of likely N-dealkylation sites (tertiary alicyclic amines) is 1. The lowest BCUT2D eigenvalue weighted by molar-refractivity contribution is -0.137. The fourth-order valence-electron chi connectivity index (χ4n) is 4.34. The molecule has 1 atom stereocenters. The van der Waals surface area contributed by atoms with Crippen molar-refractivity contribution in [1.29, 1.82) is 0 Å². The molecule has 1 aromatic heterocycles. The predicted octanol–water partition coefficient (Wildman–Crippen LogP) is 4.96. The summed E-state index contributed by atoms with van der Waals surface area (Å²) in [5.41, 5.74) is 0.247. The van der Waals surface area contributed by atoms with Gasteiger partial charge in [0.15, 0.2) is 0 Å². The van der Waals surface area contributed by atoms with Gasteiger partial charge in [-0.3, -0.25) is 4.79 Å². The minimum Gasteiger partial charge on any atom is -0.381 e. The summed E-state index contributed by atoms with van der Waals surface area (Å²) in [4.78, 5) is 23.1. The summed E-state index contributed by atoms with van der Waals surface area (Å²) in [5, 5.41) is 3.02. The Morgan fingerprint density at radius 2 is 1.91 bits per heavy atom. The van der Waals surface area contributed by atoms with Crippen LogP contribution in [0.25, 0.3) is 0 Å². The molecule has 0 unspecified atom stereocenters. The SMILES string of the molecule is C[C@H](Nc1ncc(C(=O)N2CCC3(CCOCC3)C2)cn1)c1ccc(C(F)(F)F)cc1Cl. The van der Waals surface area contributed by atoms with Crippen molar-refractivity contribution in [1.82, 2.24) is 14.9 Å². The number of nitrogens with one attached hydrogen (secondary N) is 1. The largest absolute Gasteiger partial charge is 0.416 e. The molecule has 1 N–H and O–H groups in total. The molecule has 10 heteroatoms. The highest BCUT2D eigenvalue weighted by atomic mass is 35.5. The maximum absolute atomic E-state index is 12.9. The number of amides is 1. The molecule has 0 saturated carbocycles. The Labute approximate surface area is 189 Å². The van der Waals surface area contributed by atoms with Gasteiger partial charge in [0.05, 0.1) is 17.2 Å². The van der Waals surface area contributed by atoms with Crippen molar-refractivity contribution in [3.05, 3.63) is 52.3 Å². The number of rotatable bonds is 4. The van der Waals surface area contributed by atoms with Gasteiger partial charge in [-0.2, -0.15) is 13.2 Å². The Bertz CT molecular complexity index is 978. The van der Waals surface area contributed by atoms with Crippen LogP contribution < -0.4 is 5.32 Å². The molecule has 2 fully saturated rings. The number of nitrogens with zero attached hydrogens (tertiary/aromatic N) is 3. The smallest absolute Gasteiger partial charge is 0.381 e. The molecule has 1 aromatic carbocycles. The lowest BCUT2D eigenvalue weighted by atomic mass is 9.80. The zero-order valence-corrected chi connectivity index (χ0v) is 18.3. The van der Waals surface area contributed by atoms with E-state index >= 15 is 0 Å². The first-order valence-corrected chi connectivity index (χ1v) is 10.9. The van der Waals surface area contributed by atoms with Crippen LogP contribution in [-0.2, 0) is 10.9 Å². The second-order valence-corrected chi connectivity index (χ2v) is 8.89. The van der Waals surface area contributed by atoms with E-state index in [1.54, 1.807) is 6.92 Å².